The molecule has 0 aliphatic carbocycles. The van der Waals surface area contributed by atoms with Crippen LogP contribution in [0.2, 0.25) is 0 Å². The molecule has 3 rings (SSSR count). The van der Waals surface area contributed by atoms with Crippen molar-refractivity contribution in [1.29, 1.82) is 0 Å². The van der Waals surface area contributed by atoms with Crippen LogP contribution in [0.3, 0.4) is 0 Å². The van der Waals surface area contributed by atoms with E-state index in [1.54, 1.807) is 18.6 Å². The highest BCUT2D eigenvalue weighted by Gasteiger charge is 2.16. The standard InChI is InChI=1S/C10H13N5O2/c16-10-14-3-1-11-6-9(14)13-15(10)7-8-5-12-2-4-17-8/h1,3,6,8,12H,2,4-5,7H2. The maximum Gasteiger partial charge on any atom is 0.350 e. The minimum Gasteiger partial charge on any atom is -0.374 e. The van der Waals surface area contributed by atoms with Crippen LogP contribution in [0.25, 0.3) is 5.65 Å². The van der Waals surface area contributed by atoms with Gasteiger partial charge in [-0.2, -0.15) is 0 Å². The normalized spacial score (nSPS) is 20.8. The Morgan fingerprint density at radius 3 is 3.29 bits per heavy atom. The number of hydrogen-bond donors (Lipinski definition) is 1. The Hall–Kier alpha value is -1.73. The molecule has 2 aromatic heterocycles. The van der Waals surface area contributed by atoms with Gasteiger partial charge in [0, 0.05) is 25.5 Å². The molecule has 1 saturated heterocycles. The first-order chi connectivity index (χ1) is 8.34. The highest BCUT2D eigenvalue weighted by molar-refractivity contribution is 5.31. The van der Waals surface area contributed by atoms with E-state index in [1.165, 1.54) is 9.08 Å². The van der Waals surface area contributed by atoms with E-state index in [-0.39, 0.29) is 11.8 Å². The monoisotopic (exact) mass is 235 g/mol. The van der Waals surface area contributed by atoms with E-state index >= 15 is 0 Å². The van der Waals surface area contributed by atoms with Crippen LogP contribution in [0, 0.1) is 0 Å². The van der Waals surface area contributed by atoms with Gasteiger partial charge in [0.2, 0.25) is 0 Å². The molecule has 7 nitrogen and oxygen atoms in total. The molecule has 1 aliphatic rings. The molecule has 0 spiro atoms. The molecule has 2 aromatic rings. The van der Waals surface area contributed by atoms with E-state index in [4.69, 9.17) is 4.74 Å². The highest BCUT2D eigenvalue weighted by atomic mass is 16.5. The topological polar surface area (TPSA) is 73.5 Å². The number of nitrogens with one attached hydrogen (secondary N) is 1. The van der Waals surface area contributed by atoms with Crippen LogP contribution in [0.1, 0.15) is 0 Å². The lowest BCUT2D eigenvalue weighted by molar-refractivity contribution is 0.0155. The summed E-state index contributed by atoms with van der Waals surface area (Å²) in [5, 5.41) is 7.42. The van der Waals surface area contributed by atoms with Gasteiger partial charge in [0.1, 0.15) is 0 Å². The van der Waals surface area contributed by atoms with Crippen LogP contribution in [0.4, 0.5) is 0 Å². The lowest BCUT2D eigenvalue weighted by Crippen LogP contribution is -2.42. The largest absolute Gasteiger partial charge is 0.374 e. The minimum atomic E-state index is -0.156. The predicted octanol–water partition coefficient (Wildman–Crippen LogP) is -1.12. The number of morpholine rings is 1. The number of hydrogen-bond acceptors (Lipinski definition) is 5. The molecule has 0 aromatic carbocycles. The molecule has 90 valence electrons. The molecule has 1 fully saturated rings. The van der Waals surface area contributed by atoms with Crippen LogP contribution < -0.4 is 11.0 Å². The van der Waals surface area contributed by atoms with Crippen molar-refractivity contribution in [3.05, 3.63) is 29.1 Å². The molecular formula is C10H13N5O2. The first kappa shape index (κ1) is 10.4. The van der Waals surface area contributed by atoms with Crippen molar-refractivity contribution in [3.63, 3.8) is 0 Å². The second-order valence-corrected chi connectivity index (χ2v) is 3.97. The SMILES string of the molecule is O=c1n(CC2CNCCO2)nc2cnccn12. The van der Waals surface area contributed by atoms with Gasteiger partial charge >= 0.3 is 5.69 Å². The first-order valence-corrected chi connectivity index (χ1v) is 5.56. The fourth-order valence-corrected chi connectivity index (χ4v) is 1.93. The molecule has 7 heteroatoms. The maximum absolute atomic E-state index is 12.0. The second-order valence-electron chi connectivity index (χ2n) is 3.97. The smallest absolute Gasteiger partial charge is 0.350 e. The number of aromatic nitrogens is 4. The Balaban J connectivity index is 1.89. The number of nitrogens with zero attached hydrogens (tertiary/aromatic N) is 4. The summed E-state index contributed by atoms with van der Waals surface area (Å²) >= 11 is 0. The third kappa shape index (κ3) is 1.94. The van der Waals surface area contributed by atoms with Crippen molar-refractivity contribution in [3.8, 4) is 0 Å². The van der Waals surface area contributed by atoms with Crippen LogP contribution in [0.5, 0.6) is 0 Å². The zero-order valence-electron chi connectivity index (χ0n) is 9.24. The molecular weight excluding hydrogens is 222 g/mol. The first-order valence-electron chi connectivity index (χ1n) is 5.56. The van der Waals surface area contributed by atoms with Crippen LogP contribution >= 0.6 is 0 Å². The van der Waals surface area contributed by atoms with Gasteiger partial charge in [0.15, 0.2) is 5.65 Å². The van der Waals surface area contributed by atoms with Gasteiger partial charge in [0.05, 0.1) is 25.5 Å². The second kappa shape index (κ2) is 4.27. The molecule has 0 bridgehead atoms. The Morgan fingerprint density at radius 1 is 1.59 bits per heavy atom. The van der Waals surface area contributed by atoms with Gasteiger partial charge in [-0.1, -0.05) is 0 Å². The number of fused-ring (bicyclic) bond motifs is 1. The van der Waals surface area contributed by atoms with E-state index in [2.05, 4.69) is 15.4 Å². The van der Waals surface area contributed by atoms with Gasteiger partial charge in [-0.05, 0) is 0 Å². The fraction of sp³-hybridized carbons (Fsp3) is 0.500. The van der Waals surface area contributed by atoms with Gasteiger partial charge in [0.25, 0.3) is 0 Å². The van der Waals surface area contributed by atoms with Crippen LogP contribution in [-0.2, 0) is 11.3 Å². The van der Waals surface area contributed by atoms with Crippen molar-refractivity contribution < 1.29 is 4.74 Å². The van der Waals surface area contributed by atoms with E-state index in [9.17, 15) is 4.79 Å². The van der Waals surface area contributed by atoms with E-state index in [0.29, 0.717) is 18.8 Å². The Morgan fingerprint density at radius 2 is 2.53 bits per heavy atom. The average Bonchev–Trinajstić information content (AvgIpc) is 2.68. The zero-order chi connectivity index (χ0) is 11.7. The van der Waals surface area contributed by atoms with E-state index in [1.807, 2.05) is 0 Å². The third-order valence-corrected chi connectivity index (χ3v) is 2.77. The average molecular weight is 235 g/mol. The number of rotatable bonds is 2. The van der Waals surface area contributed by atoms with Gasteiger partial charge < -0.3 is 10.1 Å². The summed E-state index contributed by atoms with van der Waals surface area (Å²) in [6, 6.07) is 0. The molecule has 0 amide bonds. The van der Waals surface area contributed by atoms with Crippen LogP contribution in [-0.4, -0.2) is 45.0 Å². The fourth-order valence-electron chi connectivity index (χ4n) is 1.93. The Bertz CT molecular complexity index is 569. The van der Waals surface area contributed by atoms with Crippen LogP contribution in [0.15, 0.2) is 23.4 Å². The number of ether oxygens (including phenoxy) is 1. The third-order valence-electron chi connectivity index (χ3n) is 2.77. The maximum atomic E-state index is 12.0. The Kier molecular flexibility index (Phi) is 2.62. The van der Waals surface area contributed by atoms with Crippen molar-refractivity contribution in [2.75, 3.05) is 19.7 Å². The summed E-state index contributed by atoms with van der Waals surface area (Å²) in [7, 11) is 0. The lowest BCUT2D eigenvalue weighted by Gasteiger charge is -2.22. The molecule has 1 atom stereocenters. The predicted molar refractivity (Wildman–Crippen MR) is 59.9 cm³/mol. The molecule has 1 N–H and O–H groups in total. The van der Waals surface area contributed by atoms with E-state index in [0.717, 1.165) is 13.1 Å². The summed E-state index contributed by atoms with van der Waals surface area (Å²) in [4.78, 5) is 15.9. The quantitative estimate of drug-likeness (QED) is 0.713. The minimum absolute atomic E-state index is 0.000628. The summed E-state index contributed by atoms with van der Waals surface area (Å²) in [6.45, 7) is 2.75. The molecule has 0 radical (unpaired) electrons. The molecule has 17 heavy (non-hydrogen) atoms. The summed E-state index contributed by atoms with van der Waals surface area (Å²) in [5.74, 6) is 0. The Labute approximate surface area is 97.0 Å². The lowest BCUT2D eigenvalue weighted by atomic mass is 10.3. The molecule has 3 heterocycles. The van der Waals surface area contributed by atoms with E-state index < -0.39 is 0 Å². The van der Waals surface area contributed by atoms with Crippen molar-refractivity contribution in [2.45, 2.75) is 12.6 Å². The van der Waals surface area contributed by atoms with Gasteiger partial charge in [-0.15, -0.1) is 5.10 Å². The summed E-state index contributed by atoms with van der Waals surface area (Å²) < 4.78 is 8.45. The molecule has 1 unspecified atom stereocenters. The van der Waals surface area contributed by atoms with Crippen molar-refractivity contribution >= 4 is 5.65 Å². The zero-order valence-corrected chi connectivity index (χ0v) is 9.24. The summed E-state index contributed by atoms with van der Waals surface area (Å²) in [5.41, 5.74) is 0.401. The van der Waals surface area contributed by atoms with Gasteiger partial charge in [-0.25, -0.2) is 13.9 Å². The molecule has 0 saturated carbocycles. The molecule has 1 aliphatic heterocycles. The van der Waals surface area contributed by atoms with Gasteiger partial charge in [-0.3, -0.25) is 4.98 Å². The van der Waals surface area contributed by atoms with Crippen molar-refractivity contribution in [1.82, 2.24) is 24.5 Å². The highest BCUT2D eigenvalue weighted by Crippen LogP contribution is 1.99. The summed E-state index contributed by atoms with van der Waals surface area (Å²) in [6.07, 6.45) is 4.75. The van der Waals surface area contributed by atoms with Crippen molar-refractivity contribution in [2.24, 2.45) is 0 Å².